The predicted octanol–water partition coefficient (Wildman–Crippen LogP) is 1.87. The minimum atomic E-state index is 0.120. The molecule has 2 aromatic rings. The summed E-state index contributed by atoms with van der Waals surface area (Å²) in [6, 6.07) is 3.50. The Hall–Kier alpha value is -1.10. The smallest absolute Gasteiger partial charge is 0.191 e. The van der Waals surface area contributed by atoms with Crippen molar-refractivity contribution in [3.63, 3.8) is 0 Å². The van der Waals surface area contributed by atoms with Crippen molar-refractivity contribution >= 4 is 27.0 Å². The highest BCUT2D eigenvalue weighted by Gasteiger charge is 2.07. The molecule has 0 radical (unpaired) electrons. The number of aromatic nitrogens is 2. The minimum Gasteiger partial charge on any atom is -0.505 e. The lowest BCUT2D eigenvalue weighted by Crippen LogP contribution is -1.85. The minimum absolute atomic E-state index is 0.120. The third-order valence-electron chi connectivity index (χ3n) is 1.78. The first-order valence-electron chi connectivity index (χ1n) is 3.81. The topological polar surface area (TPSA) is 59.2 Å². The zero-order valence-electron chi connectivity index (χ0n) is 6.70. The van der Waals surface area contributed by atoms with Crippen molar-refractivity contribution in [2.45, 2.75) is 6.42 Å². The van der Waals surface area contributed by atoms with Crippen LogP contribution in [0.1, 0.15) is 5.56 Å². The highest BCUT2D eigenvalue weighted by Crippen LogP contribution is 2.24. The number of nitrogens with zero attached hydrogens (tertiary/aromatic N) is 2. The average molecular weight is 243 g/mol. The van der Waals surface area contributed by atoms with Crippen molar-refractivity contribution in [3.8, 4) is 5.75 Å². The molecular weight excluding hydrogens is 236 g/mol. The lowest BCUT2D eigenvalue weighted by Gasteiger charge is -1.97. The van der Waals surface area contributed by atoms with Crippen LogP contribution in [0.25, 0.3) is 11.1 Å². The Morgan fingerprint density at radius 3 is 3.08 bits per heavy atom. The fraction of sp³-hybridized carbons (Fsp3) is 0.250. The van der Waals surface area contributed by atoms with E-state index in [1.807, 2.05) is 6.07 Å². The molecule has 1 aromatic carbocycles. The van der Waals surface area contributed by atoms with Crippen molar-refractivity contribution in [1.82, 2.24) is 10.4 Å². The molecule has 0 amide bonds. The quantitative estimate of drug-likeness (QED) is 0.818. The molecule has 5 heteroatoms. The number of aryl methyl sites for hydroxylation is 1. The number of alkyl halides is 1. The van der Waals surface area contributed by atoms with E-state index in [0.29, 0.717) is 11.1 Å². The van der Waals surface area contributed by atoms with Gasteiger partial charge < -0.3 is 9.63 Å². The van der Waals surface area contributed by atoms with Crippen LogP contribution in [0.4, 0.5) is 0 Å². The third-order valence-corrected chi connectivity index (χ3v) is 2.17. The first kappa shape index (κ1) is 8.50. The molecule has 0 unspecified atom stereocenters. The van der Waals surface area contributed by atoms with E-state index in [-0.39, 0.29) is 5.75 Å². The maximum atomic E-state index is 9.49. The molecule has 1 heterocycles. The van der Waals surface area contributed by atoms with Crippen molar-refractivity contribution in [2.24, 2.45) is 0 Å². The standard InChI is InChI=1S/C8H7BrN2O2/c9-2-1-5-3-6(12)8-7(4-5)13-11-10-8/h3-4,12H,1-2H2. The first-order chi connectivity index (χ1) is 6.31. The van der Waals surface area contributed by atoms with E-state index in [1.165, 1.54) is 0 Å². The molecule has 4 nitrogen and oxygen atoms in total. The Kier molecular flexibility index (Phi) is 2.18. The van der Waals surface area contributed by atoms with E-state index in [2.05, 4.69) is 26.3 Å². The summed E-state index contributed by atoms with van der Waals surface area (Å²) in [5.74, 6) is 0.120. The molecule has 0 aliphatic rings. The lowest BCUT2D eigenvalue weighted by atomic mass is 10.1. The Balaban J connectivity index is 2.56. The van der Waals surface area contributed by atoms with Gasteiger partial charge in [0.2, 0.25) is 0 Å². The van der Waals surface area contributed by atoms with Gasteiger partial charge in [-0.25, -0.2) is 0 Å². The van der Waals surface area contributed by atoms with Crippen LogP contribution in [0, 0.1) is 0 Å². The Morgan fingerprint density at radius 1 is 1.46 bits per heavy atom. The summed E-state index contributed by atoms with van der Waals surface area (Å²) in [6.45, 7) is 0. The molecular formula is C8H7BrN2O2. The first-order valence-corrected chi connectivity index (χ1v) is 4.93. The Morgan fingerprint density at radius 2 is 2.31 bits per heavy atom. The van der Waals surface area contributed by atoms with E-state index in [4.69, 9.17) is 4.52 Å². The van der Waals surface area contributed by atoms with Gasteiger partial charge in [0.15, 0.2) is 11.1 Å². The van der Waals surface area contributed by atoms with Gasteiger partial charge in [0.1, 0.15) is 5.75 Å². The normalized spacial score (nSPS) is 10.8. The number of halogens is 1. The van der Waals surface area contributed by atoms with Gasteiger partial charge in [-0.2, -0.15) is 0 Å². The van der Waals surface area contributed by atoms with Gasteiger partial charge in [0.05, 0.1) is 0 Å². The average Bonchev–Trinajstić information content (AvgIpc) is 2.53. The van der Waals surface area contributed by atoms with Crippen molar-refractivity contribution in [3.05, 3.63) is 17.7 Å². The van der Waals surface area contributed by atoms with E-state index in [0.717, 1.165) is 17.3 Å². The summed E-state index contributed by atoms with van der Waals surface area (Å²) in [5, 5.41) is 17.3. The van der Waals surface area contributed by atoms with Crippen LogP contribution in [0.15, 0.2) is 16.7 Å². The van der Waals surface area contributed by atoms with E-state index >= 15 is 0 Å². The van der Waals surface area contributed by atoms with Crippen LogP contribution >= 0.6 is 15.9 Å². The van der Waals surface area contributed by atoms with Gasteiger partial charge in [-0.1, -0.05) is 15.9 Å². The van der Waals surface area contributed by atoms with Gasteiger partial charge in [-0.05, 0) is 24.1 Å². The number of phenolic OH excluding ortho intramolecular Hbond substituents is 1. The molecule has 0 atom stereocenters. The SMILES string of the molecule is Oc1cc(CCBr)cc2onnc12. The maximum absolute atomic E-state index is 9.49. The predicted molar refractivity (Wildman–Crippen MR) is 51.0 cm³/mol. The van der Waals surface area contributed by atoms with Gasteiger partial charge in [-0.3, -0.25) is 0 Å². The molecule has 0 saturated heterocycles. The summed E-state index contributed by atoms with van der Waals surface area (Å²) in [5.41, 5.74) is 1.94. The van der Waals surface area contributed by atoms with Crippen LogP contribution < -0.4 is 0 Å². The van der Waals surface area contributed by atoms with Gasteiger partial charge in [-0.15, -0.1) is 5.10 Å². The molecule has 1 N–H and O–H groups in total. The molecule has 0 aliphatic carbocycles. The number of phenols is 1. The highest BCUT2D eigenvalue weighted by molar-refractivity contribution is 9.09. The number of aromatic hydroxyl groups is 1. The monoisotopic (exact) mass is 242 g/mol. The van der Waals surface area contributed by atoms with Gasteiger partial charge >= 0.3 is 0 Å². The Labute approximate surface area is 82.7 Å². The van der Waals surface area contributed by atoms with E-state index in [1.54, 1.807) is 6.07 Å². The zero-order valence-corrected chi connectivity index (χ0v) is 8.28. The molecule has 0 fully saturated rings. The van der Waals surface area contributed by atoms with Crippen molar-refractivity contribution in [2.75, 3.05) is 5.33 Å². The fourth-order valence-corrected chi connectivity index (χ4v) is 1.64. The second-order valence-corrected chi connectivity index (χ2v) is 3.47. The van der Waals surface area contributed by atoms with Crippen LogP contribution in [-0.2, 0) is 6.42 Å². The number of benzene rings is 1. The molecule has 2 rings (SSSR count). The largest absolute Gasteiger partial charge is 0.505 e. The fourth-order valence-electron chi connectivity index (χ4n) is 1.18. The highest BCUT2D eigenvalue weighted by atomic mass is 79.9. The molecule has 1 aromatic heterocycles. The van der Waals surface area contributed by atoms with Gasteiger partial charge in [0.25, 0.3) is 0 Å². The van der Waals surface area contributed by atoms with E-state index < -0.39 is 0 Å². The second kappa shape index (κ2) is 3.33. The molecule has 0 saturated carbocycles. The summed E-state index contributed by atoms with van der Waals surface area (Å²) in [7, 11) is 0. The number of rotatable bonds is 2. The number of hydrogen-bond donors (Lipinski definition) is 1. The molecule has 68 valence electrons. The molecule has 0 bridgehead atoms. The number of hydrogen-bond acceptors (Lipinski definition) is 4. The summed E-state index contributed by atoms with van der Waals surface area (Å²) < 4.78 is 4.85. The van der Waals surface area contributed by atoms with Crippen molar-refractivity contribution in [1.29, 1.82) is 0 Å². The van der Waals surface area contributed by atoms with Gasteiger partial charge in [0, 0.05) is 10.6 Å². The second-order valence-electron chi connectivity index (χ2n) is 2.67. The van der Waals surface area contributed by atoms with Crippen LogP contribution in [0.3, 0.4) is 0 Å². The van der Waals surface area contributed by atoms with Crippen molar-refractivity contribution < 1.29 is 9.63 Å². The number of fused-ring (bicyclic) bond motifs is 1. The van der Waals surface area contributed by atoms with Crippen LogP contribution in [-0.4, -0.2) is 20.8 Å². The zero-order chi connectivity index (χ0) is 9.26. The summed E-state index contributed by atoms with van der Waals surface area (Å²) in [4.78, 5) is 0. The molecule has 0 spiro atoms. The molecule has 13 heavy (non-hydrogen) atoms. The molecule has 0 aliphatic heterocycles. The van der Waals surface area contributed by atoms with E-state index in [9.17, 15) is 5.11 Å². The lowest BCUT2D eigenvalue weighted by molar-refractivity contribution is 0.424. The summed E-state index contributed by atoms with van der Waals surface area (Å²) >= 11 is 3.32. The summed E-state index contributed by atoms with van der Waals surface area (Å²) in [6.07, 6.45) is 0.838. The maximum Gasteiger partial charge on any atom is 0.191 e. The van der Waals surface area contributed by atoms with Crippen LogP contribution in [0.2, 0.25) is 0 Å². The Bertz CT molecular complexity index is 427. The van der Waals surface area contributed by atoms with Crippen LogP contribution in [0.5, 0.6) is 5.75 Å². The third kappa shape index (κ3) is 1.51.